The zero-order chi connectivity index (χ0) is 17.9. The Balaban J connectivity index is 1.49. The number of aromatic nitrogens is 2. The quantitative estimate of drug-likeness (QED) is 0.837. The normalized spacial score (nSPS) is 16.8. The Kier molecular flexibility index (Phi) is 5.24. The molecular weight excluding hydrogens is 342 g/mol. The highest BCUT2D eigenvalue weighted by Crippen LogP contribution is 2.10. The lowest BCUT2D eigenvalue weighted by Gasteiger charge is -2.21. The molecule has 1 aromatic carbocycles. The summed E-state index contributed by atoms with van der Waals surface area (Å²) < 4.78 is 24.7. The first-order valence-corrected chi connectivity index (χ1v) is 10.2. The van der Waals surface area contributed by atoms with Crippen LogP contribution in [0.3, 0.4) is 0 Å². The number of para-hydroxylation sites is 2. The molecule has 2 aromatic rings. The zero-order valence-electron chi connectivity index (χ0n) is 14.2. The molecule has 2 amide bonds. The molecule has 8 nitrogen and oxygen atoms in total. The third-order valence-corrected chi connectivity index (χ3v) is 5.59. The minimum atomic E-state index is -3.20. The third kappa shape index (κ3) is 4.49. The number of carbonyl (C=O) groups excluding carboxylic acids is 1. The molecule has 1 aliphatic rings. The van der Waals surface area contributed by atoms with Crippen LogP contribution in [0.4, 0.5) is 4.79 Å². The number of benzene rings is 1. The zero-order valence-corrected chi connectivity index (χ0v) is 15.1. The molecule has 0 atom stereocenters. The van der Waals surface area contributed by atoms with Gasteiger partial charge in [-0.05, 0) is 18.6 Å². The lowest BCUT2D eigenvalue weighted by atomic mass is 10.3. The highest BCUT2D eigenvalue weighted by Gasteiger charge is 2.23. The standard InChI is InChI=1S/C16H23N5O3S/c1-25(23,24)21-10-4-9-20(11-12-21)16(22)17-8-7-15-18-13-5-2-3-6-14(13)19-15/h2-3,5-6H,4,7-12H2,1H3,(H,17,22)(H,18,19). The van der Waals surface area contributed by atoms with Crippen molar-refractivity contribution in [2.45, 2.75) is 12.8 Å². The van der Waals surface area contributed by atoms with Crippen LogP contribution in [-0.4, -0.2) is 72.6 Å². The van der Waals surface area contributed by atoms with E-state index in [9.17, 15) is 13.2 Å². The van der Waals surface area contributed by atoms with Crippen LogP contribution >= 0.6 is 0 Å². The predicted octanol–water partition coefficient (Wildman–Crippen LogP) is 0.782. The summed E-state index contributed by atoms with van der Waals surface area (Å²) in [5.41, 5.74) is 1.90. The van der Waals surface area contributed by atoms with E-state index in [1.165, 1.54) is 10.6 Å². The van der Waals surface area contributed by atoms with Crippen molar-refractivity contribution in [3.63, 3.8) is 0 Å². The first-order valence-electron chi connectivity index (χ1n) is 8.35. The average molecular weight is 365 g/mol. The van der Waals surface area contributed by atoms with Crippen molar-refractivity contribution in [3.05, 3.63) is 30.1 Å². The van der Waals surface area contributed by atoms with Gasteiger partial charge in [-0.25, -0.2) is 22.5 Å². The minimum Gasteiger partial charge on any atom is -0.342 e. The summed E-state index contributed by atoms with van der Waals surface area (Å²) >= 11 is 0. The van der Waals surface area contributed by atoms with Crippen LogP contribution in [0.2, 0.25) is 0 Å². The third-order valence-electron chi connectivity index (χ3n) is 4.29. The second kappa shape index (κ2) is 7.40. The van der Waals surface area contributed by atoms with Gasteiger partial charge in [0.15, 0.2) is 0 Å². The van der Waals surface area contributed by atoms with Gasteiger partial charge in [-0.3, -0.25) is 0 Å². The summed E-state index contributed by atoms with van der Waals surface area (Å²) in [4.78, 5) is 21.7. The molecule has 136 valence electrons. The molecule has 25 heavy (non-hydrogen) atoms. The van der Waals surface area contributed by atoms with Crippen LogP contribution < -0.4 is 5.32 Å². The number of sulfonamides is 1. The first-order chi connectivity index (χ1) is 11.9. The molecule has 9 heteroatoms. The fourth-order valence-corrected chi connectivity index (χ4v) is 3.83. The molecule has 0 aliphatic carbocycles. The molecule has 1 aliphatic heterocycles. The van der Waals surface area contributed by atoms with Crippen molar-refractivity contribution in [3.8, 4) is 0 Å². The van der Waals surface area contributed by atoms with E-state index >= 15 is 0 Å². The molecule has 3 rings (SSSR count). The number of urea groups is 1. The molecular formula is C16H23N5O3S. The van der Waals surface area contributed by atoms with Gasteiger partial charge < -0.3 is 15.2 Å². The second-order valence-electron chi connectivity index (χ2n) is 6.19. The number of amides is 2. The van der Waals surface area contributed by atoms with E-state index in [0.29, 0.717) is 45.6 Å². The molecule has 0 radical (unpaired) electrons. The van der Waals surface area contributed by atoms with Crippen molar-refractivity contribution in [1.29, 1.82) is 0 Å². The fourth-order valence-electron chi connectivity index (χ4n) is 2.95. The van der Waals surface area contributed by atoms with Gasteiger partial charge >= 0.3 is 6.03 Å². The maximum atomic E-state index is 12.3. The Labute approximate surface area is 147 Å². The Morgan fingerprint density at radius 3 is 2.80 bits per heavy atom. The van der Waals surface area contributed by atoms with Crippen LogP contribution in [0.1, 0.15) is 12.2 Å². The summed E-state index contributed by atoms with van der Waals surface area (Å²) in [5.74, 6) is 0.834. The van der Waals surface area contributed by atoms with Crippen molar-refractivity contribution in [1.82, 2.24) is 24.5 Å². The number of hydrogen-bond donors (Lipinski definition) is 2. The molecule has 1 saturated heterocycles. The molecule has 2 heterocycles. The van der Waals surface area contributed by atoms with Gasteiger partial charge in [0.25, 0.3) is 0 Å². The lowest BCUT2D eigenvalue weighted by Crippen LogP contribution is -2.43. The number of rotatable bonds is 4. The Morgan fingerprint density at radius 2 is 2.04 bits per heavy atom. The number of imidazole rings is 1. The van der Waals surface area contributed by atoms with E-state index < -0.39 is 10.0 Å². The van der Waals surface area contributed by atoms with Gasteiger partial charge in [0, 0.05) is 39.1 Å². The van der Waals surface area contributed by atoms with Crippen molar-refractivity contribution < 1.29 is 13.2 Å². The molecule has 0 unspecified atom stereocenters. The molecule has 0 spiro atoms. The van der Waals surface area contributed by atoms with E-state index in [0.717, 1.165) is 16.9 Å². The van der Waals surface area contributed by atoms with E-state index in [1.54, 1.807) is 4.90 Å². The summed E-state index contributed by atoms with van der Waals surface area (Å²) in [7, 11) is -3.20. The van der Waals surface area contributed by atoms with E-state index in [4.69, 9.17) is 0 Å². The monoisotopic (exact) mass is 365 g/mol. The Bertz CT molecular complexity index is 815. The van der Waals surface area contributed by atoms with E-state index in [1.807, 2.05) is 24.3 Å². The first kappa shape index (κ1) is 17.7. The van der Waals surface area contributed by atoms with Gasteiger partial charge in [-0.2, -0.15) is 0 Å². The number of fused-ring (bicyclic) bond motifs is 1. The lowest BCUT2D eigenvalue weighted by molar-refractivity contribution is 0.200. The smallest absolute Gasteiger partial charge is 0.317 e. The predicted molar refractivity (Wildman–Crippen MR) is 95.8 cm³/mol. The molecule has 1 aromatic heterocycles. The topological polar surface area (TPSA) is 98.4 Å². The van der Waals surface area contributed by atoms with Gasteiger partial charge in [-0.15, -0.1) is 0 Å². The van der Waals surface area contributed by atoms with Gasteiger partial charge in [0.2, 0.25) is 10.0 Å². The number of H-pyrrole nitrogens is 1. The highest BCUT2D eigenvalue weighted by molar-refractivity contribution is 7.88. The van der Waals surface area contributed by atoms with Crippen molar-refractivity contribution in [2.75, 3.05) is 39.0 Å². The maximum Gasteiger partial charge on any atom is 0.317 e. The van der Waals surface area contributed by atoms with E-state index in [2.05, 4.69) is 15.3 Å². The van der Waals surface area contributed by atoms with Crippen molar-refractivity contribution in [2.24, 2.45) is 0 Å². The summed E-state index contributed by atoms with van der Waals surface area (Å²) in [6.07, 6.45) is 2.46. The number of hydrogen-bond acceptors (Lipinski definition) is 4. The molecule has 1 fully saturated rings. The van der Waals surface area contributed by atoms with Crippen LogP contribution in [0.25, 0.3) is 11.0 Å². The minimum absolute atomic E-state index is 0.161. The fraction of sp³-hybridized carbons (Fsp3) is 0.500. The van der Waals surface area contributed by atoms with Crippen LogP contribution in [-0.2, 0) is 16.4 Å². The average Bonchev–Trinajstić information content (AvgIpc) is 2.79. The van der Waals surface area contributed by atoms with Crippen LogP contribution in [0, 0.1) is 0 Å². The van der Waals surface area contributed by atoms with Gasteiger partial charge in [0.1, 0.15) is 5.82 Å². The largest absolute Gasteiger partial charge is 0.342 e. The maximum absolute atomic E-state index is 12.3. The molecule has 2 N–H and O–H groups in total. The number of aromatic amines is 1. The van der Waals surface area contributed by atoms with Crippen LogP contribution in [0.15, 0.2) is 24.3 Å². The van der Waals surface area contributed by atoms with Gasteiger partial charge in [0.05, 0.1) is 17.3 Å². The van der Waals surface area contributed by atoms with Crippen LogP contribution in [0.5, 0.6) is 0 Å². The molecule has 0 bridgehead atoms. The molecule has 0 saturated carbocycles. The Hall–Kier alpha value is -2.13. The summed E-state index contributed by atoms with van der Waals surface area (Å²) in [6, 6.07) is 7.64. The second-order valence-corrected chi connectivity index (χ2v) is 8.17. The summed E-state index contributed by atoms with van der Waals surface area (Å²) in [6.45, 7) is 2.24. The van der Waals surface area contributed by atoms with E-state index in [-0.39, 0.29) is 6.03 Å². The number of nitrogens with one attached hydrogen (secondary N) is 2. The number of carbonyl (C=O) groups is 1. The SMILES string of the molecule is CS(=O)(=O)N1CCCN(C(=O)NCCc2nc3ccccc3[nH]2)CC1. The van der Waals surface area contributed by atoms with Crippen molar-refractivity contribution >= 4 is 27.1 Å². The summed E-state index contributed by atoms with van der Waals surface area (Å²) in [5, 5.41) is 2.89. The van der Waals surface area contributed by atoms with Gasteiger partial charge in [-0.1, -0.05) is 12.1 Å². The Morgan fingerprint density at radius 1 is 1.24 bits per heavy atom. The number of nitrogens with zero attached hydrogens (tertiary/aromatic N) is 3. The highest BCUT2D eigenvalue weighted by atomic mass is 32.2.